The van der Waals surface area contributed by atoms with Crippen molar-refractivity contribution in [2.45, 2.75) is 40.5 Å². The molecule has 2 rings (SSSR count). The second kappa shape index (κ2) is 10.2. The molecule has 1 N–H and O–H groups in total. The van der Waals surface area contributed by atoms with Crippen molar-refractivity contribution in [1.29, 1.82) is 0 Å². The van der Waals surface area contributed by atoms with Gasteiger partial charge >= 0.3 is 0 Å². The molecule has 30 heavy (non-hydrogen) atoms. The van der Waals surface area contributed by atoms with Crippen molar-refractivity contribution >= 4 is 12.2 Å². The lowest BCUT2D eigenvalue weighted by molar-refractivity contribution is 0.386. The van der Waals surface area contributed by atoms with Gasteiger partial charge in [-0.15, -0.1) is 0 Å². The Morgan fingerprint density at radius 2 is 1.73 bits per heavy atom. The Bertz CT molecular complexity index is 1100. The first-order chi connectivity index (χ1) is 14.4. The summed E-state index contributed by atoms with van der Waals surface area (Å²) >= 11 is 0. The molecular formula is C25H34N2O3. The Morgan fingerprint density at radius 3 is 2.17 bits per heavy atom. The Kier molecular flexibility index (Phi) is 7.93. The topological polar surface area (TPSA) is 52.5 Å². The quantitative estimate of drug-likeness (QED) is 0.762. The van der Waals surface area contributed by atoms with Gasteiger partial charge in [-0.3, -0.25) is 4.79 Å². The smallest absolute Gasteiger partial charge is 0.257 e. The molecule has 0 bridgehead atoms. The first-order valence-corrected chi connectivity index (χ1v) is 10.4. The molecule has 0 amide bonds. The molecule has 2 aromatic rings. The Balaban J connectivity index is 3.06. The summed E-state index contributed by atoms with van der Waals surface area (Å²) < 4.78 is 13.0. The third kappa shape index (κ3) is 4.45. The number of methoxy groups -OCH3 is 2. The van der Waals surface area contributed by atoms with E-state index in [0.29, 0.717) is 5.22 Å². The summed E-state index contributed by atoms with van der Waals surface area (Å²) in [4.78, 5) is 12.9. The first-order valence-electron chi connectivity index (χ1n) is 10.4. The van der Waals surface area contributed by atoms with Crippen LogP contribution in [0.3, 0.4) is 0 Å². The molecule has 0 aliphatic rings. The summed E-state index contributed by atoms with van der Waals surface area (Å²) in [6.07, 6.45) is 7.55. The van der Waals surface area contributed by atoms with Crippen molar-refractivity contribution < 1.29 is 9.47 Å². The maximum atomic E-state index is 12.9. The number of benzene rings is 1. The number of hydrogen-bond donors (Lipinski definition) is 1. The van der Waals surface area contributed by atoms with Crippen LogP contribution in [0.25, 0.3) is 23.3 Å². The first kappa shape index (κ1) is 23.3. The van der Waals surface area contributed by atoms with E-state index in [-0.39, 0.29) is 5.56 Å². The number of pyridine rings is 1. The highest BCUT2D eigenvalue weighted by molar-refractivity contribution is 5.71. The molecule has 1 aromatic carbocycles. The summed E-state index contributed by atoms with van der Waals surface area (Å²) in [6, 6.07) is 4.04. The second-order valence-electron chi connectivity index (χ2n) is 7.23. The monoisotopic (exact) mass is 410 g/mol. The van der Waals surface area contributed by atoms with Crippen LogP contribution < -0.4 is 30.8 Å². The van der Waals surface area contributed by atoms with Gasteiger partial charge in [0.1, 0.15) is 11.5 Å². The minimum absolute atomic E-state index is 0.0267. The number of ether oxygens (including phenoxy) is 2. The Morgan fingerprint density at radius 1 is 1.13 bits per heavy atom. The molecule has 5 heteroatoms. The van der Waals surface area contributed by atoms with Crippen molar-refractivity contribution in [3.63, 3.8) is 0 Å². The van der Waals surface area contributed by atoms with Gasteiger partial charge in [0.15, 0.2) is 0 Å². The fraction of sp³-hybridized carbons (Fsp3) is 0.400. The van der Waals surface area contributed by atoms with E-state index in [4.69, 9.17) is 9.47 Å². The van der Waals surface area contributed by atoms with Gasteiger partial charge in [-0.05, 0) is 55.7 Å². The molecule has 0 saturated heterocycles. The fourth-order valence-electron chi connectivity index (χ4n) is 3.67. The normalized spacial score (nSPS) is 13.3. The maximum Gasteiger partial charge on any atom is 0.257 e. The largest absolute Gasteiger partial charge is 0.496 e. The third-order valence-corrected chi connectivity index (χ3v) is 5.56. The molecular weight excluding hydrogens is 376 g/mol. The van der Waals surface area contributed by atoms with Crippen LogP contribution in [0.2, 0.25) is 0 Å². The van der Waals surface area contributed by atoms with E-state index in [1.165, 1.54) is 5.57 Å². The van der Waals surface area contributed by atoms with Crippen molar-refractivity contribution in [2.24, 2.45) is 7.05 Å². The standard InChI is InChI=1S/C25H34N2O3/c1-9-16(4)22(26-5)14-20-18(10-2)25(28)27(6)15-21(20)17-12-23(29-7)19(11-3)24(13-17)30-8/h10,12-15,26H,9,11H2,1-8H3/b18-10+,20-14+,22-16-. The summed E-state index contributed by atoms with van der Waals surface area (Å²) in [5, 5.41) is 4.83. The molecule has 0 saturated carbocycles. The van der Waals surface area contributed by atoms with Crippen molar-refractivity contribution in [1.82, 2.24) is 9.88 Å². The Labute approximate surface area is 179 Å². The highest BCUT2D eigenvalue weighted by Crippen LogP contribution is 2.34. The number of rotatable bonds is 7. The van der Waals surface area contributed by atoms with Gasteiger partial charge < -0.3 is 19.4 Å². The zero-order valence-corrected chi connectivity index (χ0v) is 19.5. The zero-order chi connectivity index (χ0) is 22.4. The van der Waals surface area contributed by atoms with Gasteiger partial charge in [-0.1, -0.05) is 25.5 Å². The zero-order valence-electron chi connectivity index (χ0n) is 19.5. The van der Waals surface area contributed by atoms with Crippen LogP contribution in [0.15, 0.2) is 34.4 Å². The highest BCUT2D eigenvalue weighted by atomic mass is 16.5. The van der Waals surface area contributed by atoms with Gasteiger partial charge in [0, 0.05) is 42.3 Å². The molecule has 0 aliphatic carbocycles. The van der Waals surface area contributed by atoms with Crippen LogP contribution >= 0.6 is 0 Å². The summed E-state index contributed by atoms with van der Waals surface area (Å²) in [6.45, 7) is 8.19. The number of allylic oxidation sites excluding steroid dienone is 2. The van der Waals surface area contributed by atoms with Crippen LogP contribution in [0.1, 0.15) is 39.7 Å². The van der Waals surface area contributed by atoms with Crippen LogP contribution in [0.4, 0.5) is 0 Å². The van der Waals surface area contributed by atoms with Crippen molar-refractivity contribution in [3.8, 4) is 22.6 Å². The van der Waals surface area contributed by atoms with E-state index in [9.17, 15) is 4.79 Å². The number of aryl methyl sites for hydroxylation is 1. The minimum atomic E-state index is -0.0267. The molecule has 162 valence electrons. The second-order valence-corrected chi connectivity index (χ2v) is 7.23. The van der Waals surface area contributed by atoms with Crippen LogP contribution in [-0.4, -0.2) is 25.8 Å². The van der Waals surface area contributed by atoms with Crippen molar-refractivity contribution in [2.75, 3.05) is 21.3 Å². The number of nitrogens with one attached hydrogen (secondary N) is 1. The van der Waals surface area contributed by atoms with E-state index < -0.39 is 0 Å². The van der Waals surface area contributed by atoms with E-state index in [0.717, 1.165) is 51.9 Å². The van der Waals surface area contributed by atoms with Gasteiger partial charge in [-0.2, -0.15) is 0 Å². The van der Waals surface area contributed by atoms with Gasteiger partial charge in [0.2, 0.25) is 0 Å². The third-order valence-electron chi connectivity index (χ3n) is 5.56. The molecule has 0 radical (unpaired) electrons. The average molecular weight is 411 g/mol. The van der Waals surface area contributed by atoms with Crippen LogP contribution in [-0.2, 0) is 13.5 Å². The minimum Gasteiger partial charge on any atom is -0.496 e. The molecule has 5 nitrogen and oxygen atoms in total. The lowest BCUT2D eigenvalue weighted by atomic mass is 9.98. The summed E-state index contributed by atoms with van der Waals surface area (Å²) in [7, 11) is 7.03. The fourth-order valence-corrected chi connectivity index (χ4v) is 3.67. The van der Waals surface area contributed by atoms with Gasteiger partial charge in [0.05, 0.1) is 14.2 Å². The van der Waals surface area contributed by atoms with Crippen molar-refractivity contribution in [3.05, 3.63) is 56.0 Å². The average Bonchev–Trinajstić information content (AvgIpc) is 2.77. The molecule has 1 aromatic heterocycles. The van der Waals surface area contributed by atoms with Crippen LogP contribution in [0, 0.1) is 0 Å². The highest BCUT2D eigenvalue weighted by Gasteiger charge is 2.14. The molecule has 0 unspecified atom stereocenters. The van der Waals surface area contributed by atoms with E-state index in [2.05, 4.69) is 32.2 Å². The molecule has 1 heterocycles. The number of aromatic nitrogens is 1. The van der Waals surface area contributed by atoms with Gasteiger partial charge in [-0.25, -0.2) is 0 Å². The lowest BCUT2D eigenvalue weighted by Crippen LogP contribution is -2.45. The molecule has 0 spiro atoms. The lowest BCUT2D eigenvalue weighted by Gasteiger charge is -2.16. The predicted octanol–water partition coefficient (Wildman–Crippen LogP) is 3.12. The van der Waals surface area contributed by atoms with E-state index in [1.807, 2.05) is 38.4 Å². The molecule has 0 aliphatic heterocycles. The predicted molar refractivity (Wildman–Crippen MR) is 126 cm³/mol. The number of hydrogen-bond acceptors (Lipinski definition) is 4. The van der Waals surface area contributed by atoms with Gasteiger partial charge in [0.25, 0.3) is 5.56 Å². The SMILES string of the molecule is C/C=c1/c(=O)n(C)cc(-c2cc(OC)c(CC)c(OC)c2)/c1=C/C(NC)=C(\C)CC. The summed E-state index contributed by atoms with van der Waals surface area (Å²) in [5.41, 5.74) is 5.12. The van der Waals surface area contributed by atoms with E-state index >= 15 is 0 Å². The van der Waals surface area contributed by atoms with Crippen LogP contribution in [0.5, 0.6) is 11.5 Å². The maximum absolute atomic E-state index is 12.9. The molecule has 0 atom stereocenters. The molecule has 0 fully saturated rings. The summed E-state index contributed by atoms with van der Waals surface area (Å²) in [5.74, 6) is 1.56. The van der Waals surface area contributed by atoms with E-state index in [1.54, 1.807) is 25.8 Å². The Hall–Kier alpha value is -2.95. The number of nitrogens with zero attached hydrogens (tertiary/aromatic N) is 1.